The highest BCUT2D eigenvalue weighted by Gasteiger charge is 2.09. The average molecular weight is 295 g/mol. The molecule has 0 aromatic heterocycles. The topological polar surface area (TPSA) is 67.8 Å². The summed E-state index contributed by atoms with van der Waals surface area (Å²) in [5.74, 6) is 1.35. The lowest BCUT2D eigenvalue weighted by Gasteiger charge is -2.10. The lowest BCUT2D eigenvalue weighted by atomic mass is 10.1. The molecule has 5 nitrogen and oxygen atoms in total. The van der Waals surface area contributed by atoms with Crippen LogP contribution in [0.2, 0.25) is 0 Å². The van der Waals surface area contributed by atoms with Crippen LogP contribution in [0.4, 0.5) is 0 Å². The maximum atomic E-state index is 11.9. The van der Waals surface area contributed by atoms with E-state index in [2.05, 4.69) is 5.32 Å². The van der Waals surface area contributed by atoms with E-state index in [0.717, 1.165) is 31.2 Å². The summed E-state index contributed by atoms with van der Waals surface area (Å²) >= 11 is 0. The lowest BCUT2D eigenvalue weighted by Crippen LogP contribution is -2.26. The number of hydrogen-bond donors (Lipinski definition) is 2. The van der Waals surface area contributed by atoms with Crippen molar-refractivity contribution in [3.63, 3.8) is 0 Å². The van der Waals surface area contributed by atoms with Crippen LogP contribution < -0.4 is 14.8 Å². The predicted molar refractivity (Wildman–Crippen MR) is 81.8 cm³/mol. The first-order valence-corrected chi connectivity index (χ1v) is 7.29. The second-order valence-electron chi connectivity index (χ2n) is 4.84. The number of carbonyl (C=O) groups excluding carboxylic acids is 1. The van der Waals surface area contributed by atoms with Crippen molar-refractivity contribution in [1.29, 1.82) is 0 Å². The number of hydrogen-bond acceptors (Lipinski definition) is 4. The molecular formula is C16H25NO4. The highest BCUT2D eigenvalue weighted by atomic mass is 16.5. The van der Waals surface area contributed by atoms with E-state index >= 15 is 0 Å². The van der Waals surface area contributed by atoms with E-state index in [4.69, 9.17) is 14.6 Å². The zero-order valence-corrected chi connectivity index (χ0v) is 12.9. The minimum absolute atomic E-state index is 0.0133. The van der Waals surface area contributed by atoms with Crippen LogP contribution in [0.5, 0.6) is 11.5 Å². The molecule has 0 unspecified atom stereocenters. The number of benzene rings is 1. The Morgan fingerprint density at radius 3 is 2.57 bits per heavy atom. The molecule has 0 radical (unpaired) electrons. The fourth-order valence-electron chi connectivity index (χ4n) is 2.05. The van der Waals surface area contributed by atoms with Crippen molar-refractivity contribution in [2.24, 2.45) is 0 Å². The molecule has 118 valence electrons. The van der Waals surface area contributed by atoms with Gasteiger partial charge in [0.1, 0.15) is 11.5 Å². The number of ether oxygens (including phenoxy) is 2. The van der Waals surface area contributed by atoms with Gasteiger partial charge in [0.2, 0.25) is 5.91 Å². The molecule has 0 atom stereocenters. The van der Waals surface area contributed by atoms with Gasteiger partial charge in [-0.2, -0.15) is 0 Å². The number of amides is 1. The summed E-state index contributed by atoms with van der Waals surface area (Å²) in [5, 5.41) is 11.6. The fourth-order valence-corrected chi connectivity index (χ4v) is 2.05. The fraction of sp³-hybridized carbons (Fsp3) is 0.562. The standard InChI is InChI=1S/C16H25NO4/c1-20-14-8-7-13(15(12-14)21-2)11-16(19)17-9-5-3-4-6-10-18/h7-8,12,18H,3-6,9-11H2,1-2H3,(H,17,19). The molecule has 2 N–H and O–H groups in total. The zero-order chi connectivity index (χ0) is 15.5. The first-order chi connectivity index (χ1) is 10.2. The summed E-state index contributed by atoms with van der Waals surface area (Å²) in [4.78, 5) is 11.9. The third kappa shape index (κ3) is 6.49. The van der Waals surface area contributed by atoms with Gasteiger partial charge in [0, 0.05) is 24.8 Å². The van der Waals surface area contributed by atoms with Gasteiger partial charge in [0.15, 0.2) is 0 Å². The van der Waals surface area contributed by atoms with Crippen molar-refractivity contribution >= 4 is 5.91 Å². The van der Waals surface area contributed by atoms with E-state index < -0.39 is 0 Å². The summed E-state index contributed by atoms with van der Waals surface area (Å²) in [6.07, 6.45) is 4.08. The van der Waals surface area contributed by atoms with Crippen LogP contribution in [-0.4, -0.2) is 38.4 Å². The number of aliphatic hydroxyl groups excluding tert-OH is 1. The molecule has 0 bridgehead atoms. The molecule has 0 heterocycles. The highest BCUT2D eigenvalue weighted by Crippen LogP contribution is 2.24. The third-order valence-corrected chi connectivity index (χ3v) is 3.25. The second-order valence-corrected chi connectivity index (χ2v) is 4.84. The van der Waals surface area contributed by atoms with Crippen LogP contribution in [0.1, 0.15) is 31.2 Å². The quantitative estimate of drug-likeness (QED) is 0.647. The van der Waals surface area contributed by atoms with Gasteiger partial charge >= 0.3 is 0 Å². The molecule has 0 spiro atoms. The van der Waals surface area contributed by atoms with Crippen molar-refractivity contribution in [2.45, 2.75) is 32.1 Å². The van der Waals surface area contributed by atoms with E-state index in [1.54, 1.807) is 20.3 Å². The van der Waals surface area contributed by atoms with Crippen LogP contribution >= 0.6 is 0 Å². The summed E-state index contributed by atoms with van der Waals surface area (Å²) in [5.41, 5.74) is 0.844. The molecule has 1 rings (SSSR count). The van der Waals surface area contributed by atoms with Gasteiger partial charge in [-0.15, -0.1) is 0 Å². The normalized spacial score (nSPS) is 10.2. The number of rotatable bonds is 10. The molecule has 1 amide bonds. The number of carbonyl (C=O) groups is 1. The van der Waals surface area contributed by atoms with Gasteiger partial charge in [0.05, 0.1) is 20.6 Å². The van der Waals surface area contributed by atoms with Crippen molar-refractivity contribution < 1.29 is 19.4 Å². The molecular weight excluding hydrogens is 270 g/mol. The maximum absolute atomic E-state index is 11.9. The minimum Gasteiger partial charge on any atom is -0.497 e. The average Bonchev–Trinajstić information content (AvgIpc) is 2.51. The molecule has 21 heavy (non-hydrogen) atoms. The largest absolute Gasteiger partial charge is 0.497 e. The van der Waals surface area contributed by atoms with Crippen LogP contribution in [0.15, 0.2) is 18.2 Å². The molecule has 1 aromatic rings. The second kappa shape index (κ2) is 10.0. The van der Waals surface area contributed by atoms with Crippen molar-refractivity contribution in [2.75, 3.05) is 27.4 Å². The number of nitrogens with one attached hydrogen (secondary N) is 1. The molecule has 0 aliphatic carbocycles. The Kier molecular flexibility index (Phi) is 8.28. The molecule has 5 heteroatoms. The Morgan fingerprint density at radius 2 is 1.90 bits per heavy atom. The highest BCUT2D eigenvalue weighted by molar-refractivity contribution is 5.79. The Hall–Kier alpha value is -1.75. The third-order valence-electron chi connectivity index (χ3n) is 3.25. The van der Waals surface area contributed by atoms with Gasteiger partial charge in [-0.1, -0.05) is 18.9 Å². The molecule has 1 aromatic carbocycles. The Balaban J connectivity index is 2.37. The monoisotopic (exact) mass is 295 g/mol. The van der Waals surface area contributed by atoms with E-state index in [9.17, 15) is 4.79 Å². The van der Waals surface area contributed by atoms with Crippen LogP contribution in [0.3, 0.4) is 0 Å². The first kappa shape index (κ1) is 17.3. The Morgan fingerprint density at radius 1 is 1.14 bits per heavy atom. The number of aliphatic hydroxyl groups is 1. The van der Waals surface area contributed by atoms with Crippen molar-refractivity contribution in [3.8, 4) is 11.5 Å². The Bertz CT molecular complexity index is 434. The molecule has 0 aliphatic rings. The van der Waals surface area contributed by atoms with Crippen LogP contribution in [-0.2, 0) is 11.2 Å². The van der Waals surface area contributed by atoms with Gasteiger partial charge in [-0.25, -0.2) is 0 Å². The van der Waals surface area contributed by atoms with Crippen molar-refractivity contribution in [1.82, 2.24) is 5.32 Å². The van der Waals surface area contributed by atoms with E-state index in [-0.39, 0.29) is 12.5 Å². The van der Waals surface area contributed by atoms with E-state index in [1.807, 2.05) is 12.1 Å². The molecule has 0 aliphatic heterocycles. The van der Waals surface area contributed by atoms with Gasteiger partial charge in [-0.05, 0) is 18.9 Å². The Labute approximate surface area is 126 Å². The summed E-state index contributed by atoms with van der Waals surface area (Å²) in [6, 6.07) is 5.44. The van der Waals surface area contributed by atoms with Crippen molar-refractivity contribution in [3.05, 3.63) is 23.8 Å². The summed E-state index contributed by atoms with van der Waals surface area (Å²) in [7, 11) is 3.18. The van der Waals surface area contributed by atoms with Crippen LogP contribution in [0.25, 0.3) is 0 Å². The van der Waals surface area contributed by atoms with Gasteiger partial charge in [0.25, 0.3) is 0 Å². The molecule has 0 saturated carbocycles. The SMILES string of the molecule is COc1ccc(CC(=O)NCCCCCCO)c(OC)c1. The van der Waals surface area contributed by atoms with E-state index in [0.29, 0.717) is 24.5 Å². The maximum Gasteiger partial charge on any atom is 0.224 e. The molecule has 0 saturated heterocycles. The predicted octanol–water partition coefficient (Wildman–Crippen LogP) is 1.92. The van der Waals surface area contributed by atoms with Gasteiger partial charge in [-0.3, -0.25) is 4.79 Å². The number of unbranched alkanes of at least 4 members (excludes halogenated alkanes) is 3. The summed E-state index contributed by atoms with van der Waals surface area (Å²) in [6.45, 7) is 0.909. The smallest absolute Gasteiger partial charge is 0.224 e. The lowest BCUT2D eigenvalue weighted by molar-refractivity contribution is -0.120. The van der Waals surface area contributed by atoms with E-state index in [1.165, 1.54) is 0 Å². The first-order valence-electron chi connectivity index (χ1n) is 7.29. The summed E-state index contributed by atoms with van der Waals surface area (Å²) < 4.78 is 10.4. The minimum atomic E-state index is -0.0133. The van der Waals surface area contributed by atoms with Gasteiger partial charge < -0.3 is 19.9 Å². The van der Waals surface area contributed by atoms with Crippen LogP contribution in [0, 0.1) is 0 Å². The molecule has 0 fully saturated rings. The zero-order valence-electron chi connectivity index (χ0n) is 12.9. The number of methoxy groups -OCH3 is 2.